The van der Waals surface area contributed by atoms with Gasteiger partial charge in [0.1, 0.15) is 0 Å². The van der Waals surface area contributed by atoms with Crippen LogP contribution in [0.15, 0.2) is 22.7 Å². The molecule has 2 unspecified atom stereocenters. The fraction of sp³-hybridized carbons (Fsp3) is 0.625. The molecule has 0 bridgehead atoms. The van der Waals surface area contributed by atoms with Gasteiger partial charge < -0.3 is 5.32 Å². The molecule has 0 radical (unpaired) electrons. The second-order valence-electron chi connectivity index (χ2n) is 5.85. The topological polar surface area (TPSA) is 12.0 Å². The van der Waals surface area contributed by atoms with Crippen LogP contribution in [0, 0.1) is 11.8 Å². The van der Waals surface area contributed by atoms with Gasteiger partial charge in [-0.25, -0.2) is 0 Å². The van der Waals surface area contributed by atoms with Crippen molar-refractivity contribution >= 4 is 27.5 Å². The molecule has 0 spiro atoms. The molecular weight excluding hydrogens is 322 g/mol. The molecule has 1 aliphatic carbocycles. The molecule has 1 aliphatic rings. The van der Waals surface area contributed by atoms with Gasteiger partial charge in [0, 0.05) is 11.0 Å². The third-order valence-electron chi connectivity index (χ3n) is 4.09. The van der Waals surface area contributed by atoms with Gasteiger partial charge >= 0.3 is 0 Å². The van der Waals surface area contributed by atoms with Gasteiger partial charge in [-0.2, -0.15) is 0 Å². The van der Waals surface area contributed by atoms with E-state index < -0.39 is 0 Å². The lowest BCUT2D eigenvalue weighted by Gasteiger charge is -2.26. The van der Waals surface area contributed by atoms with Crippen molar-refractivity contribution in [1.29, 1.82) is 0 Å². The lowest BCUT2D eigenvalue weighted by atomic mass is 9.81. The van der Waals surface area contributed by atoms with Crippen molar-refractivity contribution in [3.8, 4) is 0 Å². The first-order chi connectivity index (χ1) is 9.15. The zero-order valence-corrected chi connectivity index (χ0v) is 13.9. The molecule has 0 heterocycles. The summed E-state index contributed by atoms with van der Waals surface area (Å²) in [7, 11) is 0. The summed E-state index contributed by atoms with van der Waals surface area (Å²) in [5.41, 5.74) is 1.29. The first-order valence-corrected chi connectivity index (χ1v) is 8.47. The van der Waals surface area contributed by atoms with E-state index in [0.717, 1.165) is 34.4 Å². The van der Waals surface area contributed by atoms with E-state index in [1.54, 1.807) is 0 Å². The lowest BCUT2D eigenvalue weighted by molar-refractivity contribution is 0.267. The third kappa shape index (κ3) is 5.09. The van der Waals surface area contributed by atoms with Crippen LogP contribution in [0.4, 0.5) is 0 Å². The highest BCUT2D eigenvalue weighted by molar-refractivity contribution is 9.10. The van der Waals surface area contributed by atoms with Crippen LogP contribution in [0.25, 0.3) is 0 Å². The fourth-order valence-electron chi connectivity index (χ4n) is 3.01. The maximum Gasteiger partial charge on any atom is 0.0548 e. The number of hydrogen-bond acceptors (Lipinski definition) is 1. The standard InChI is InChI=1S/C16H23BrClN/c1-12-3-2-4-13(9-12)7-8-19-11-14-5-6-16(18)15(17)10-14/h5-6,10,12-13,19H,2-4,7-9,11H2,1H3. The minimum Gasteiger partial charge on any atom is -0.313 e. The van der Waals surface area contributed by atoms with Crippen LogP contribution >= 0.6 is 27.5 Å². The molecule has 2 rings (SSSR count). The van der Waals surface area contributed by atoms with E-state index in [4.69, 9.17) is 11.6 Å². The summed E-state index contributed by atoms with van der Waals surface area (Å²) in [5.74, 6) is 1.87. The highest BCUT2D eigenvalue weighted by atomic mass is 79.9. The summed E-state index contributed by atoms with van der Waals surface area (Å²) in [6.45, 7) is 4.44. The maximum atomic E-state index is 5.99. The molecule has 1 N–H and O–H groups in total. The molecule has 0 aromatic heterocycles. The highest BCUT2D eigenvalue weighted by Gasteiger charge is 2.17. The zero-order chi connectivity index (χ0) is 13.7. The number of halogens is 2. The maximum absolute atomic E-state index is 5.99. The van der Waals surface area contributed by atoms with Crippen LogP contribution in [0.5, 0.6) is 0 Å². The molecule has 19 heavy (non-hydrogen) atoms. The van der Waals surface area contributed by atoms with Crippen molar-refractivity contribution < 1.29 is 0 Å². The average Bonchev–Trinajstić information content (AvgIpc) is 2.39. The Morgan fingerprint density at radius 2 is 2.21 bits per heavy atom. The van der Waals surface area contributed by atoms with Crippen LogP contribution in [0.1, 0.15) is 44.6 Å². The summed E-state index contributed by atoms with van der Waals surface area (Å²) in [6, 6.07) is 6.13. The highest BCUT2D eigenvalue weighted by Crippen LogP contribution is 2.30. The summed E-state index contributed by atoms with van der Waals surface area (Å²) in [4.78, 5) is 0. The third-order valence-corrected chi connectivity index (χ3v) is 5.30. The summed E-state index contributed by atoms with van der Waals surface area (Å²) < 4.78 is 0.981. The predicted octanol–water partition coefficient (Wildman–Crippen LogP) is 5.41. The van der Waals surface area contributed by atoms with Gasteiger partial charge in [-0.3, -0.25) is 0 Å². The Balaban J connectivity index is 1.67. The minimum atomic E-state index is 0.778. The molecule has 1 nitrogen and oxygen atoms in total. The Labute approximate surface area is 130 Å². The smallest absolute Gasteiger partial charge is 0.0548 e. The predicted molar refractivity (Wildman–Crippen MR) is 86.6 cm³/mol. The molecular formula is C16H23BrClN. The zero-order valence-electron chi connectivity index (χ0n) is 11.6. The van der Waals surface area contributed by atoms with Crippen molar-refractivity contribution in [3.63, 3.8) is 0 Å². The molecule has 1 saturated carbocycles. The second-order valence-corrected chi connectivity index (χ2v) is 7.11. The van der Waals surface area contributed by atoms with Gasteiger partial charge in [-0.15, -0.1) is 0 Å². The van der Waals surface area contributed by atoms with Crippen molar-refractivity contribution in [2.75, 3.05) is 6.54 Å². The van der Waals surface area contributed by atoms with Gasteiger partial charge in [0.25, 0.3) is 0 Å². The van der Waals surface area contributed by atoms with Crippen LogP contribution in [0.2, 0.25) is 5.02 Å². The monoisotopic (exact) mass is 343 g/mol. The van der Waals surface area contributed by atoms with Crippen molar-refractivity contribution in [2.24, 2.45) is 11.8 Å². The van der Waals surface area contributed by atoms with Crippen molar-refractivity contribution in [1.82, 2.24) is 5.32 Å². The van der Waals surface area contributed by atoms with Crippen molar-refractivity contribution in [2.45, 2.75) is 45.6 Å². The van der Waals surface area contributed by atoms with Gasteiger partial charge in [0.2, 0.25) is 0 Å². The largest absolute Gasteiger partial charge is 0.313 e. The van der Waals surface area contributed by atoms with E-state index >= 15 is 0 Å². The quantitative estimate of drug-likeness (QED) is 0.704. The minimum absolute atomic E-state index is 0.778. The average molecular weight is 345 g/mol. The second kappa shape index (κ2) is 7.66. The molecule has 1 fully saturated rings. The van der Waals surface area contributed by atoms with E-state index in [9.17, 15) is 0 Å². The van der Waals surface area contributed by atoms with E-state index in [2.05, 4.69) is 40.3 Å². The van der Waals surface area contributed by atoms with E-state index in [1.165, 1.54) is 37.7 Å². The van der Waals surface area contributed by atoms with Crippen molar-refractivity contribution in [3.05, 3.63) is 33.3 Å². The summed E-state index contributed by atoms with van der Waals surface area (Å²) >= 11 is 9.45. The van der Waals surface area contributed by atoms with Crippen LogP contribution in [0.3, 0.4) is 0 Å². The van der Waals surface area contributed by atoms with E-state index in [0.29, 0.717) is 0 Å². The van der Waals surface area contributed by atoms with E-state index in [1.807, 2.05) is 6.07 Å². The lowest BCUT2D eigenvalue weighted by Crippen LogP contribution is -2.21. The summed E-state index contributed by atoms with van der Waals surface area (Å²) in [5, 5.41) is 4.32. The molecule has 0 amide bonds. The van der Waals surface area contributed by atoms with Crippen LogP contribution < -0.4 is 5.32 Å². The Kier molecular flexibility index (Phi) is 6.18. The number of benzene rings is 1. The molecule has 1 aromatic carbocycles. The van der Waals surface area contributed by atoms with E-state index in [-0.39, 0.29) is 0 Å². The molecule has 2 atom stereocenters. The first kappa shape index (κ1) is 15.3. The number of rotatable bonds is 5. The Morgan fingerprint density at radius 3 is 2.95 bits per heavy atom. The molecule has 0 saturated heterocycles. The molecule has 1 aromatic rings. The first-order valence-electron chi connectivity index (χ1n) is 7.30. The molecule has 106 valence electrons. The number of nitrogens with one attached hydrogen (secondary N) is 1. The normalized spacial score (nSPS) is 23.5. The van der Waals surface area contributed by atoms with Crippen LogP contribution in [-0.4, -0.2) is 6.54 Å². The fourth-order valence-corrected chi connectivity index (χ4v) is 3.55. The van der Waals surface area contributed by atoms with Gasteiger partial charge in [0.05, 0.1) is 5.02 Å². The molecule has 0 aliphatic heterocycles. The summed E-state index contributed by atoms with van der Waals surface area (Å²) in [6.07, 6.45) is 7.03. The SMILES string of the molecule is CC1CCCC(CCNCc2ccc(Cl)c(Br)c2)C1. The van der Waals surface area contributed by atoms with Gasteiger partial charge in [0.15, 0.2) is 0 Å². The van der Waals surface area contributed by atoms with Gasteiger partial charge in [-0.05, 0) is 64.8 Å². The van der Waals surface area contributed by atoms with Crippen LogP contribution in [-0.2, 0) is 6.54 Å². The van der Waals surface area contributed by atoms with Gasteiger partial charge in [-0.1, -0.05) is 43.9 Å². The number of hydrogen-bond donors (Lipinski definition) is 1. The molecule has 3 heteroatoms. The Hall–Kier alpha value is -0.0500. The Bertz CT molecular complexity index is 408. The Morgan fingerprint density at radius 1 is 1.37 bits per heavy atom.